The summed E-state index contributed by atoms with van der Waals surface area (Å²) in [6, 6.07) is 5.80. The molecule has 2 aliphatic rings. The topological polar surface area (TPSA) is 134 Å². The van der Waals surface area contributed by atoms with Gasteiger partial charge in [-0.05, 0) is 17.7 Å². The molecule has 0 amide bonds. The number of phenols is 1. The van der Waals surface area contributed by atoms with Crippen molar-refractivity contribution in [1.82, 2.24) is 0 Å². The van der Waals surface area contributed by atoms with Crippen LogP contribution in [0.1, 0.15) is 17.9 Å². The number of esters is 2. The van der Waals surface area contributed by atoms with Crippen LogP contribution in [0, 0.1) is 0 Å². The van der Waals surface area contributed by atoms with Crippen LogP contribution in [0.25, 0.3) is 0 Å². The molecule has 0 bridgehead atoms. The van der Waals surface area contributed by atoms with Gasteiger partial charge in [-0.25, -0.2) is 4.79 Å². The smallest absolute Gasteiger partial charge is 0.354 e. The zero-order valence-corrected chi connectivity index (χ0v) is 12.0. The number of hydrogen-bond acceptors (Lipinski definition) is 8. The van der Waals surface area contributed by atoms with Crippen LogP contribution in [0.3, 0.4) is 0 Å². The minimum atomic E-state index is -1.96. The van der Waals surface area contributed by atoms with Crippen molar-refractivity contribution in [2.75, 3.05) is 6.61 Å². The van der Waals surface area contributed by atoms with Crippen molar-refractivity contribution in [3.05, 3.63) is 29.8 Å². The molecule has 3 rings (SSSR count). The number of carbonyl (C=O) groups is 2. The third-order valence-electron chi connectivity index (χ3n) is 4.35. The molecule has 124 valence electrons. The van der Waals surface area contributed by atoms with Gasteiger partial charge in [0.05, 0.1) is 13.0 Å². The number of aromatic hydroxyl groups is 1. The van der Waals surface area contributed by atoms with Crippen LogP contribution in [0.15, 0.2) is 24.3 Å². The maximum Gasteiger partial charge on any atom is 0.354 e. The Hall–Kier alpha value is -2.16. The van der Waals surface area contributed by atoms with Crippen molar-refractivity contribution in [3.8, 4) is 5.75 Å². The molecule has 0 aliphatic carbocycles. The highest BCUT2D eigenvalue weighted by Gasteiger charge is 2.69. The van der Waals surface area contributed by atoms with Gasteiger partial charge in [-0.1, -0.05) is 12.1 Å². The molecule has 1 spiro atoms. The van der Waals surface area contributed by atoms with Crippen molar-refractivity contribution in [2.45, 2.75) is 36.3 Å². The first-order chi connectivity index (χ1) is 10.9. The summed E-state index contributed by atoms with van der Waals surface area (Å²) in [7, 11) is 0. The van der Waals surface area contributed by atoms with Gasteiger partial charge in [0.25, 0.3) is 0 Å². The van der Waals surface area contributed by atoms with E-state index in [0.29, 0.717) is 5.56 Å². The number of phenolic OH excluding ortho intramolecular Hbond substituents is 1. The average molecular weight is 324 g/mol. The van der Waals surface area contributed by atoms with E-state index >= 15 is 0 Å². The fraction of sp³-hybridized carbons (Fsp3) is 0.467. The fourth-order valence-electron chi connectivity index (χ4n) is 3.18. The molecule has 0 unspecified atom stereocenters. The number of hydrogen-bond donors (Lipinski definition) is 4. The van der Waals surface area contributed by atoms with E-state index in [1.54, 1.807) is 0 Å². The molecule has 0 saturated carbocycles. The Bertz CT molecular complexity index is 627. The monoisotopic (exact) mass is 324 g/mol. The van der Waals surface area contributed by atoms with Crippen LogP contribution < -0.4 is 0 Å². The standard InChI is InChI=1S/C15H16O8/c16-6-10(18)12-13(20)15(14(21)22-12)9(5-11(19)23-15)7-1-3-8(17)4-2-7/h1-4,9-10,12-13,16-18,20H,5-6H2/t9-,10+,12-,13-,15-/m1/s1. The lowest BCUT2D eigenvalue weighted by Gasteiger charge is -2.29. The summed E-state index contributed by atoms with van der Waals surface area (Å²) >= 11 is 0. The first kappa shape index (κ1) is 15.7. The molecule has 1 aromatic carbocycles. The summed E-state index contributed by atoms with van der Waals surface area (Å²) in [5, 5.41) is 38.5. The zero-order chi connectivity index (χ0) is 16.8. The Labute approximate surface area is 130 Å². The summed E-state index contributed by atoms with van der Waals surface area (Å²) < 4.78 is 10.1. The molecule has 2 aliphatic heterocycles. The lowest BCUT2D eigenvalue weighted by atomic mass is 9.77. The van der Waals surface area contributed by atoms with E-state index in [1.165, 1.54) is 24.3 Å². The van der Waals surface area contributed by atoms with Crippen LogP contribution >= 0.6 is 0 Å². The lowest BCUT2D eigenvalue weighted by molar-refractivity contribution is -0.169. The van der Waals surface area contributed by atoms with Crippen molar-refractivity contribution in [2.24, 2.45) is 0 Å². The molecule has 5 atom stereocenters. The van der Waals surface area contributed by atoms with E-state index in [9.17, 15) is 24.9 Å². The Kier molecular flexibility index (Phi) is 3.75. The molecule has 4 N–H and O–H groups in total. The molecular formula is C15H16O8. The molecule has 2 fully saturated rings. The van der Waals surface area contributed by atoms with Crippen molar-refractivity contribution >= 4 is 11.9 Å². The van der Waals surface area contributed by atoms with Gasteiger partial charge in [0, 0.05) is 5.92 Å². The number of cyclic esters (lactones) is 1. The molecule has 2 saturated heterocycles. The van der Waals surface area contributed by atoms with Gasteiger partial charge in [0.1, 0.15) is 18.0 Å². The van der Waals surface area contributed by atoms with Gasteiger partial charge >= 0.3 is 11.9 Å². The van der Waals surface area contributed by atoms with Gasteiger partial charge in [-0.2, -0.15) is 0 Å². The highest BCUT2D eigenvalue weighted by molar-refractivity contribution is 5.91. The Balaban J connectivity index is 2.02. The number of aliphatic hydroxyl groups excluding tert-OH is 3. The number of aliphatic hydroxyl groups is 3. The van der Waals surface area contributed by atoms with E-state index in [2.05, 4.69) is 0 Å². The van der Waals surface area contributed by atoms with Crippen LogP contribution in [0.5, 0.6) is 5.75 Å². The third-order valence-corrected chi connectivity index (χ3v) is 4.35. The van der Waals surface area contributed by atoms with Crippen LogP contribution in [0.2, 0.25) is 0 Å². The largest absolute Gasteiger partial charge is 0.508 e. The van der Waals surface area contributed by atoms with Gasteiger partial charge in [-0.3, -0.25) is 4.79 Å². The van der Waals surface area contributed by atoms with Gasteiger partial charge in [-0.15, -0.1) is 0 Å². The van der Waals surface area contributed by atoms with E-state index in [4.69, 9.17) is 14.6 Å². The van der Waals surface area contributed by atoms with Crippen LogP contribution in [-0.4, -0.2) is 62.9 Å². The van der Waals surface area contributed by atoms with E-state index in [1.807, 2.05) is 0 Å². The quantitative estimate of drug-likeness (QED) is 0.510. The number of rotatable bonds is 3. The maximum absolute atomic E-state index is 12.3. The predicted molar refractivity (Wildman–Crippen MR) is 73.3 cm³/mol. The highest BCUT2D eigenvalue weighted by Crippen LogP contribution is 2.48. The molecule has 8 heteroatoms. The Morgan fingerprint density at radius 1 is 1.26 bits per heavy atom. The number of benzene rings is 1. The second-order valence-electron chi connectivity index (χ2n) is 5.68. The normalized spacial score (nSPS) is 34.5. The summed E-state index contributed by atoms with van der Waals surface area (Å²) in [6.07, 6.45) is -4.66. The number of ether oxygens (including phenoxy) is 2. The van der Waals surface area contributed by atoms with Crippen molar-refractivity contribution < 1.29 is 39.5 Å². The average Bonchev–Trinajstić information content (AvgIpc) is 3.01. The van der Waals surface area contributed by atoms with Crippen LogP contribution in [-0.2, 0) is 19.1 Å². The second-order valence-corrected chi connectivity index (χ2v) is 5.68. The summed E-state index contributed by atoms with van der Waals surface area (Å²) in [5.74, 6) is -2.46. The first-order valence-corrected chi connectivity index (χ1v) is 7.09. The highest BCUT2D eigenvalue weighted by atomic mass is 16.6. The fourth-order valence-corrected chi connectivity index (χ4v) is 3.18. The summed E-state index contributed by atoms with van der Waals surface area (Å²) in [6.45, 7) is -0.719. The zero-order valence-electron chi connectivity index (χ0n) is 12.0. The van der Waals surface area contributed by atoms with Crippen molar-refractivity contribution in [3.63, 3.8) is 0 Å². The molecule has 0 aromatic heterocycles. The van der Waals surface area contributed by atoms with E-state index in [0.717, 1.165) is 0 Å². The Morgan fingerprint density at radius 3 is 2.52 bits per heavy atom. The maximum atomic E-state index is 12.3. The summed E-state index contributed by atoms with van der Waals surface area (Å²) in [4.78, 5) is 24.1. The first-order valence-electron chi connectivity index (χ1n) is 7.09. The molecular weight excluding hydrogens is 308 g/mol. The van der Waals surface area contributed by atoms with Gasteiger partial charge < -0.3 is 29.9 Å². The van der Waals surface area contributed by atoms with Gasteiger partial charge in [0.2, 0.25) is 5.60 Å². The molecule has 0 radical (unpaired) electrons. The third kappa shape index (κ3) is 2.26. The number of carbonyl (C=O) groups excluding carboxylic acids is 2. The van der Waals surface area contributed by atoms with Crippen molar-refractivity contribution in [1.29, 1.82) is 0 Å². The van der Waals surface area contributed by atoms with Crippen LogP contribution in [0.4, 0.5) is 0 Å². The molecule has 23 heavy (non-hydrogen) atoms. The molecule has 2 heterocycles. The lowest BCUT2D eigenvalue weighted by Crippen LogP contribution is -2.52. The summed E-state index contributed by atoms with van der Waals surface area (Å²) in [5.41, 5.74) is -1.46. The second kappa shape index (κ2) is 5.48. The van der Waals surface area contributed by atoms with Gasteiger partial charge in [0.15, 0.2) is 6.10 Å². The predicted octanol–water partition coefficient (Wildman–Crippen LogP) is -1.20. The molecule has 1 aromatic rings. The Morgan fingerprint density at radius 2 is 1.91 bits per heavy atom. The SMILES string of the molecule is O=C1C[C@H](c2ccc(O)cc2)[C@]2(O1)C(=O)O[C@H]([C@@H](O)CO)[C@H]2O. The van der Waals surface area contributed by atoms with E-state index in [-0.39, 0.29) is 12.2 Å². The molecule has 8 nitrogen and oxygen atoms in total. The minimum absolute atomic E-state index is 0.0103. The van der Waals surface area contributed by atoms with E-state index < -0.39 is 48.4 Å². The minimum Gasteiger partial charge on any atom is -0.508 e.